The van der Waals surface area contributed by atoms with Gasteiger partial charge in [-0.25, -0.2) is 0 Å². The van der Waals surface area contributed by atoms with E-state index in [0.29, 0.717) is 17.0 Å². The number of aliphatic carboxylic acids is 1. The molecule has 7 heteroatoms. The minimum absolute atomic E-state index is 0.00723. The van der Waals surface area contributed by atoms with Crippen LogP contribution in [0.2, 0.25) is 10.0 Å². The lowest BCUT2D eigenvalue weighted by Gasteiger charge is -2.15. The van der Waals surface area contributed by atoms with Gasteiger partial charge in [-0.05, 0) is 54.8 Å². The zero-order valence-electron chi connectivity index (χ0n) is 16.5. The van der Waals surface area contributed by atoms with Crippen LogP contribution in [-0.4, -0.2) is 17.0 Å². The third-order valence-electron chi connectivity index (χ3n) is 4.52. The molecule has 0 radical (unpaired) electrons. The number of amides is 1. The van der Waals surface area contributed by atoms with Gasteiger partial charge < -0.3 is 15.2 Å². The summed E-state index contributed by atoms with van der Waals surface area (Å²) in [5, 5.41) is 12.3. The highest BCUT2D eigenvalue weighted by Gasteiger charge is 2.16. The van der Waals surface area contributed by atoms with E-state index in [9.17, 15) is 9.59 Å². The maximum atomic E-state index is 12.4. The predicted molar refractivity (Wildman–Crippen MR) is 116 cm³/mol. The zero-order chi connectivity index (χ0) is 21.4. The van der Waals surface area contributed by atoms with Gasteiger partial charge in [-0.15, -0.1) is 0 Å². The smallest absolute Gasteiger partial charge is 0.307 e. The summed E-state index contributed by atoms with van der Waals surface area (Å²) in [5.41, 5.74) is 1.18. The molecule has 2 aromatic carbocycles. The second-order valence-corrected chi connectivity index (χ2v) is 7.64. The lowest BCUT2D eigenvalue weighted by molar-refractivity contribution is -0.136. The molecule has 0 saturated carbocycles. The Balaban J connectivity index is 2.05. The van der Waals surface area contributed by atoms with Gasteiger partial charge in [0.25, 0.3) is 0 Å². The molecule has 1 atom stereocenters. The third-order valence-corrected chi connectivity index (χ3v) is 5.09. The maximum absolute atomic E-state index is 12.4. The molecule has 2 aromatic rings. The SMILES string of the molecule is CCCCC(CC)C(=O)Nc1ccc(Oc2c(Cl)cc(CC(=O)O)cc2Cl)cc1. The van der Waals surface area contributed by atoms with E-state index >= 15 is 0 Å². The molecule has 0 aliphatic carbocycles. The van der Waals surface area contributed by atoms with Crippen LogP contribution in [0.1, 0.15) is 45.1 Å². The van der Waals surface area contributed by atoms with E-state index in [2.05, 4.69) is 12.2 Å². The second-order valence-electron chi connectivity index (χ2n) is 6.82. The van der Waals surface area contributed by atoms with E-state index in [1.165, 1.54) is 12.1 Å². The highest BCUT2D eigenvalue weighted by atomic mass is 35.5. The van der Waals surface area contributed by atoms with E-state index < -0.39 is 5.97 Å². The van der Waals surface area contributed by atoms with Crippen molar-refractivity contribution in [2.24, 2.45) is 5.92 Å². The minimum atomic E-state index is -0.969. The molecule has 0 heterocycles. The van der Waals surface area contributed by atoms with Crippen molar-refractivity contribution < 1.29 is 19.4 Å². The van der Waals surface area contributed by atoms with Gasteiger partial charge in [0.2, 0.25) is 5.91 Å². The number of hydrogen-bond acceptors (Lipinski definition) is 3. The summed E-state index contributed by atoms with van der Waals surface area (Å²) < 4.78 is 5.76. The number of nitrogens with one attached hydrogen (secondary N) is 1. The molecule has 0 aliphatic rings. The van der Waals surface area contributed by atoms with Gasteiger partial charge in [0.1, 0.15) is 5.75 Å². The largest absolute Gasteiger partial charge is 0.481 e. The second kappa shape index (κ2) is 11.1. The van der Waals surface area contributed by atoms with Gasteiger partial charge in [-0.1, -0.05) is 49.9 Å². The normalized spacial score (nSPS) is 11.7. The van der Waals surface area contributed by atoms with Crippen LogP contribution in [0.15, 0.2) is 36.4 Å². The third kappa shape index (κ3) is 6.94. The Morgan fingerprint density at radius 2 is 1.72 bits per heavy atom. The molecular weight excluding hydrogens is 413 g/mol. The minimum Gasteiger partial charge on any atom is -0.481 e. The number of carboxylic acids is 1. The summed E-state index contributed by atoms with van der Waals surface area (Å²) in [4.78, 5) is 23.2. The van der Waals surface area contributed by atoms with E-state index in [-0.39, 0.29) is 34.0 Å². The molecule has 0 saturated heterocycles. The van der Waals surface area contributed by atoms with E-state index in [0.717, 1.165) is 25.7 Å². The number of benzene rings is 2. The quantitative estimate of drug-likeness (QED) is 0.440. The summed E-state index contributed by atoms with van der Waals surface area (Å²) in [6.45, 7) is 4.13. The van der Waals surface area contributed by atoms with Gasteiger partial charge in [0, 0.05) is 11.6 Å². The molecule has 5 nitrogen and oxygen atoms in total. The standard InChI is InChI=1S/C22H25Cl2NO4/c1-3-5-6-15(4-2)22(28)25-16-7-9-17(10-8-16)29-21-18(23)11-14(12-19(21)24)13-20(26)27/h7-12,15H,3-6,13H2,1-2H3,(H,25,28)(H,26,27). The molecule has 156 valence electrons. The van der Waals surface area contributed by atoms with Gasteiger partial charge in [0.05, 0.1) is 16.5 Å². The van der Waals surface area contributed by atoms with Crippen LogP contribution in [-0.2, 0) is 16.0 Å². The highest BCUT2D eigenvalue weighted by molar-refractivity contribution is 6.37. The molecule has 29 heavy (non-hydrogen) atoms. The van der Waals surface area contributed by atoms with Crippen LogP contribution < -0.4 is 10.1 Å². The maximum Gasteiger partial charge on any atom is 0.307 e. The first-order chi connectivity index (χ1) is 13.8. The molecule has 0 bridgehead atoms. The Morgan fingerprint density at radius 3 is 2.24 bits per heavy atom. The van der Waals surface area contributed by atoms with Crippen LogP contribution >= 0.6 is 23.2 Å². The topological polar surface area (TPSA) is 75.6 Å². The van der Waals surface area contributed by atoms with Crippen molar-refractivity contribution >= 4 is 40.8 Å². The molecule has 2 rings (SSSR count). The Morgan fingerprint density at radius 1 is 1.10 bits per heavy atom. The molecule has 2 N–H and O–H groups in total. The number of halogens is 2. The van der Waals surface area contributed by atoms with E-state index in [4.69, 9.17) is 33.0 Å². The highest BCUT2D eigenvalue weighted by Crippen LogP contribution is 2.37. The van der Waals surface area contributed by atoms with Crippen LogP contribution in [0, 0.1) is 5.92 Å². The number of anilines is 1. The van der Waals surface area contributed by atoms with Gasteiger partial charge in [0.15, 0.2) is 5.75 Å². The molecule has 0 spiro atoms. The molecule has 0 aliphatic heterocycles. The first-order valence-electron chi connectivity index (χ1n) is 9.62. The Labute approximate surface area is 181 Å². The molecule has 1 unspecified atom stereocenters. The van der Waals surface area contributed by atoms with Crippen molar-refractivity contribution in [2.75, 3.05) is 5.32 Å². The van der Waals surface area contributed by atoms with Crippen molar-refractivity contribution in [1.29, 1.82) is 0 Å². The van der Waals surface area contributed by atoms with Crippen LogP contribution in [0.5, 0.6) is 11.5 Å². The van der Waals surface area contributed by atoms with Crippen LogP contribution in [0.4, 0.5) is 5.69 Å². The number of carboxylic acid groups (broad SMARTS) is 1. The Kier molecular flexibility index (Phi) is 8.80. The van der Waals surface area contributed by atoms with E-state index in [1.54, 1.807) is 24.3 Å². The molecular formula is C22H25Cl2NO4. The van der Waals surface area contributed by atoms with Crippen LogP contribution in [0.3, 0.4) is 0 Å². The van der Waals surface area contributed by atoms with Crippen LogP contribution in [0.25, 0.3) is 0 Å². The summed E-state index contributed by atoms with van der Waals surface area (Å²) in [6.07, 6.45) is 3.62. The summed E-state index contributed by atoms with van der Waals surface area (Å²) in [5.74, 6) is -0.188. The van der Waals surface area contributed by atoms with Crippen molar-refractivity contribution in [1.82, 2.24) is 0 Å². The lowest BCUT2D eigenvalue weighted by Crippen LogP contribution is -2.22. The Hall–Kier alpha value is -2.24. The summed E-state index contributed by atoms with van der Waals surface area (Å²) in [7, 11) is 0. The average Bonchev–Trinajstić information content (AvgIpc) is 2.66. The fourth-order valence-electron chi connectivity index (χ4n) is 2.93. The number of carbonyl (C=O) groups excluding carboxylic acids is 1. The number of rotatable bonds is 10. The lowest BCUT2D eigenvalue weighted by atomic mass is 9.98. The van der Waals surface area contributed by atoms with Gasteiger partial charge in [-0.2, -0.15) is 0 Å². The summed E-state index contributed by atoms with van der Waals surface area (Å²) in [6, 6.07) is 9.96. The summed E-state index contributed by atoms with van der Waals surface area (Å²) >= 11 is 12.4. The predicted octanol–water partition coefficient (Wildman–Crippen LogP) is 6.57. The van der Waals surface area contributed by atoms with E-state index in [1.807, 2.05) is 6.92 Å². The number of carbonyl (C=O) groups is 2. The van der Waals surface area contributed by atoms with Crippen molar-refractivity contribution in [3.63, 3.8) is 0 Å². The first-order valence-corrected chi connectivity index (χ1v) is 10.4. The van der Waals surface area contributed by atoms with Gasteiger partial charge >= 0.3 is 5.97 Å². The van der Waals surface area contributed by atoms with Crippen molar-refractivity contribution in [3.05, 3.63) is 52.0 Å². The van der Waals surface area contributed by atoms with Gasteiger partial charge in [-0.3, -0.25) is 9.59 Å². The fourth-order valence-corrected chi connectivity index (χ4v) is 3.54. The zero-order valence-corrected chi connectivity index (χ0v) is 18.0. The monoisotopic (exact) mass is 437 g/mol. The molecule has 0 fully saturated rings. The average molecular weight is 438 g/mol. The van der Waals surface area contributed by atoms with Crippen molar-refractivity contribution in [3.8, 4) is 11.5 Å². The first kappa shape index (κ1) is 23.0. The Bertz CT molecular complexity index is 829. The fraction of sp³-hybridized carbons (Fsp3) is 0.364. The molecule has 0 aromatic heterocycles. The number of ether oxygens (including phenoxy) is 1. The number of unbranched alkanes of at least 4 members (excludes halogenated alkanes) is 1. The molecule has 1 amide bonds. The number of hydrogen-bond donors (Lipinski definition) is 2. The van der Waals surface area contributed by atoms with Crippen molar-refractivity contribution in [2.45, 2.75) is 46.0 Å².